The Bertz CT molecular complexity index is 479. The van der Waals surface area contributed by atoms with E-state index in [0.29, 0.717) is 0 Å². The van der Waals surface area contributed by atoms with Crippen molar-refractivity contribution in [3.05, 3.63) is 22.4 Å². The topological polar surface area (TPSA) is 69.6 Å². The lowest BCUT2D eigenvalue weighted by molar-refractivity contribution is -0.139. The molecule has 2 N–H and O–H groups in total. The van der Waals surface area contributed by atoms with E-state index in [2.05, 4.69) is 11.2 Å². The van der Waals surface area contributed by atoms with Crippen LogP contribution in [-0.4, -0.2) is 35.1 Å². The van der Waals surface area contributed by atoms with E-state index in [0.717, 1.165) is 4.88 Å². The summed E-state index contributed by atoms with van der Waals surface area (Å²) < 4.78 is 0. The van der Waals surface area contributed by atoms with E-state index in [1.54, 1.807) is 18.4 Å². The summed E-state index contributed by atoms with van der Waals surface area (Å²) >= 11 is 1.54. The van der Waals surface area contributed by atoms with Crippen molar-refractivity contribution < 1.29 is 14.7 Å². The lowest BCUT2D eigenvalue weighted by Crippen LogP contribution is -2.47. The van der Waals surface area contributed by atoms with Crippen molar-refractivity contribution in [1.82, 2.24) is 10.2 Å². The monoisotopic (exact) mass is 280 g/mol. The minimum Gasteiger partial charge on any atom is -0.480 e. The molecule has 2 atom stereocenters. The van der Waals surface area contributed by atoms with E-state index in [9.17, 15) is 9.59 Å². The van der Waals surface area contributed by atoms with E-state index in [-0.39, 0.29) is 12.5 Å². The first-order valence-electron chi connectivity index (χ1n) is 5.70. The van der Waals surface area contributed by atoms with Crippen molar-refractivity contribution in [3.8, 4) is 12.3 Å². The summed E-state index contributed by atoms with van der Waals surface area (Å²) in [6.45, 7) is 1.88. The second-order valence-electron chi connectivity index (χ2n) is 4.05. The molecule has 1 aromatic rings. The second kappa shape index (κ2) is 6.81. The lowest BCUT2D eigenvalue weighted by atomic mass is 10.2. The number of terminal acetylenes is 1. The molecule has 1 heterocycles. The van der Waals surface area contributed by atoms with Crippen molar-refractivity contribution in [1.29, 1.82) is 0 Å². The molecule has 5 nitrogen and oxygen atoms in total. The van der Waals surface area contributed by atoms with Gasteiger partial charge in [0, 0.05) is 18.3 Å². The van der Waals surface area contributed by atoms with Crippen LogP contribution < -0.4 is 5.32 Å². The molecule has 0 aliphatic heterocycles. The summed E-state index contributed by atoms with van der Waals surface area (Å²) in [5.41, 5.74) is 0. The zero-order valence-corrected chi connectivity index (χ0v) is 11.6. The predicted octanol–water partition coefficient (Wildman–Crippen LogP) is 1.93. The number of hydrogen-bond acceptors (Lipinski definition) is 3. The van der Waals surface area contributed by atoms with Crippen LogP contribution in [0.2, 0.25) is 0 Å². The van der Waals surface area contributed by atoms with Crippen LogP contribution >= 0.6 is 11.3 Å². The van der Waals surface area contributed by atoms with Gasteiger partial charge in [0.25, 0.3) is 0 Å². The summed E-state index contributed by atoms with van der Waals surface area (Å²) in [5, 5.41) is 13.3. The van der Waals surface area contributed by atoms with Gasteiger partial charge in [-0.2, -0.15) is 0 Å². The van der Waals surface area contributed by atoms with Gasteiger partial charge in [0.2, 0.25) is 0 Å². The fourth-order valence-corrected chi connectivity index (χ4v) is 2.29. The Morgan fingerprint density at radius 1 is 1.63 bits per heavy atom. The molecule has 1 aromatic heterocycles. The molecule has 0 saturated heterocycles. The number of nitrogens with one attached hydrogen (secondary N) is 1. The van der Waals surface area contributed by atoms with Gasteiger partial charge in [0.1, 0.15) is 6.04 Å². The lowest BCUT2D eigenvalue weighted by Gasteiger charge is -2.25. The molecule has 0 aliphatic rings. The van der Waals surface area contributed by atoms with Crippen LogP contribution in [0.25, 0.3) is 0 Å². The normalized spacial score (nSPS) is 13.1. The zero-order valence-electron chi connectivity index (χ0n) is 10.8. The summed E-state index contributed by atoms with van der Waals surface area (Å²) in [6.07, 6.45) is 5.04. The van der Waals surface area contributed by atoms with Gasteiger partial charge in [-0.25, -0.2) is 9.59 Å². The smallest absolute Gasteiger partial charge is 0.327 e. The van der Waals surface area contributed by atoms with Crippen LogP contribution in [0.5, 0.6) is 0 Å². The maximum atomic E-state index is 12.0. The Morgan fingerprint density at radius 3 is 2.79 bits per heavy atom. The van der Waals surface area contributed by atoms with E-state index in [1.807, 2.05) is 24.4 Å². The maximum absolute atomic E-state index is 12.0. The van der Waals surface area contributed by atoms with Gasteiger partial charge in [-0.15, -0.1) is 23.7 Å². The van der Waals surface area contributed by atoms with Crippen molar-refractivity contribution in [2.24, 2.45) is 0 Å². The first kappa shape index (κ1) is 15.1. The van der Waals surface area contributed by atoms with Crippen LogP contribution in [0, 0.1) is 12.3 Å². The highest BCUT2D eigenvalue weighted by Crippen LogP contribution is 2.23. The fourth-order valence-electron chi connectivity index (χ4n) is 1.46. The number of urea groups is 1. The highest BCUT2D eigenvalue weighted by molar-refractivity contribution is 7.10. The van der Waals surface area contributed by atoms with Crippen LogP contribution in [0.4, 0.5) is 4.79 Å². The number of hydrogen-bond donors (Lipinski definition) is 2. The molecule has 0 bridgehead atoms. The molecule has 0 aromatic carbocycles. The number of carbonyl (C=O) groups is 2. The first-order valence-corrected chi connectivity index (χ1v) is 6.58. The Hall–Kier alpha value is -2.00. The Labute approximate surface area is 116 Å². The first-order chi connectivity index (χ1) is 8.97. The van der Waals surface area contributed by atoms with Gasteiger partial charge >= 0.3 is 12.0 Å². The van der Waals surface area contributed by atoms with Gasteiger partial charge in [-0.1, -0.05) is 6.07 Å². The zero-order chi connectivity index (χ0) is 14.4. The number of carbonyl (C=O) groups excluding carboxylic acids is 1. The number of rotatable bonds is 5. The molecule has 2 amide bonds. The van der Waals surface area contributed by atoms with Gasteiger partial charge < -0.3 is 15.3 Å². The molecule has 6 heteroatoms. The minimum atomic E-state index is -1.14. The van der Waals surface area contributed by atoms with Crippen molar-refractivity contribution in [3.63, 3.8) is 0 Å². The molecule has 2 unspecified atom stereocenters. The Kier molecular flexibility index (Phi) is 5.39. The van der Waals surface area contributed by atoms with Crippen molar-refractivity contribution in [2.45, 2.75) is 25.4 Å². The quantitative estimate of drug-likeness (QED) is 0.810. The van der Waals surface area contributed by atoms with Crippen LogP contribution in [-0.2, 0) is 4.79 Å². The number of aliphatic carboxylic acids is 1. The van der Waals surface area contributed by atoms with E-state index < -0.39 is 18.0 Å². The highest BCUT2D eigenvalue weighted by atomic mass is 32.1. The second-order valence-corrected chi connectivity index (χ2v) is 5.03. The molecule has 0 saturated carbocycles. The van der Waals surface area contributed by atoms with Crippen molar-refractivity contribution in [2.75, 3.05) is 7.05 Å². The summed E-state index contributed by atoms with van der Waals surface area (Å²) in [5.74, 6) is 1.10. The highest BCUT2D eigenvalue weighted by Gasteiger charge is 2.23. The largest absolute Gasteiger partial charge is 0.480 e. The molecule has 102 valence electrons. The molecule has 0 spiro atoms. The Morgan fingerprint density at radius 2 is 2.32 bits per heavy atom. The van der Waals surface area contributed by atoms with E-state index in [1.165, 1.54) is 4.90 Å². The Balaban J connectivity index is 2.67. The molecule has 0 aliphatic carbocycles. The minimum absolute atomic E-state index is 0.0394. The SMILES string of the molecule is C#CCC(NC(=O)N(C)C(C)c1cccs1)C(=O)O. The van der Waals surface area contributed by atoms with Crippen LogP contribution in [0.15, 0.2) is 17.5 Å². The third-order valence-corrected chi connectivity index (χ3v) is 3.82. The standard InChI is InChI=1S/C13H16N2O3S/c1-4-6-10(12(16)17)14-13(18)15(3)9(2)11-7-5-8-19-11/h1,5,7-10H,6H2,2-3H3,(H,14,18)(H,16,17). The molecular weight excluding hydrogens is 264 g/mol. The fraction of sp³-hybridized carbons (Fsp3) is 0.385. The van der Waals surface area contributed by atoms with Gasteiger partial charge in [0.15, 0.2) is 0 Å². The van der Waals surface area contributed by atoms with E-state index >= 15 is 0 Å². The average molecular weight is 280 g/mol. The van der Waals surface area contributed by atoms with Crippen LogP contribution in [0.3, 0.4) is 0 Å². The van der Waals surface area contributed by atoms with E-state index in [4.69, 9.17) is 11.5 Å². The third-order valence-electron chi connectivity index (χ3n) is 2.77. The van der Waals surface area contributed by atoms with Gasteiger partial charge in [-0.05, 0) is 18.4 Å². The maximum Gasteiger partial charge on any atom is 0.327 e. The van der Waals surface area contributed by atoms with Crippen LogP contribution in [0.1, 0.15) is 24.3 Å². The number of nitrogens with zero attached hydrogens (tertiary/aromatic N) is 1. The average Bonchev–Trinajstić information content (AvgIpc) is 2.89. The molecule has 0 radical (unpaired) electrons. The predicted molar refractivity (Wildman–Crippen MR) is 73.9 cm³/mol. The molecule has 0 fully saturated rings. The molecule has 1 rings (SSSR count). The molecular formula is C13H16N2O3S. The summed E-state index contributed by atoms with van der Waals surface area (Å²) in [4.78, 5) is 25.4. The third kappa shape index (κ3) is 4.00. The number of amides is 2. The summed E-state index contributed by atoms with van der Waals surface area (Å²) in [6, 6.07) is 2.19. The van der Waals surface area contributed by atoms with Gasteiger partial charge in [-0.3, -0.25) is 0 Å². The van der Waals surface area contributed by atoms with Gasteiger partial charge in [0.05, 0.1) is 6.04 Å². The number of carboxylic acids is 1. The van der Waals surface area contributed by atoms with Crippen molar-refractivity contribution >= 4 is 23.3 Å². The number of thiophene rings is 1. The molecule has 19 heavy (non-hydrogen) atoms. The number of carboxylic acid groups (broad SMARTS) is 1. The summed E-state index contributed by atoms with van der Waals surface area (Å²) in [7, 11) is 1.62.